The maximum absolute atomic E-state index is 12.5. The molecule has 0 aliphatic carbocycles. The second-order valence-corrected chi connectivity index (χ2v) is 5.45. The van der Waals surface area contributed by atoms with Crippen LogP contribution in [0.1, 0.15) is 16.8 Å². The molecule has 1 N–H and O–H groups in total. The number of rotatable bonds is 2. The Morgan fingerprint density at radius 3 is 2.77 bits per heavy atom. The van der Waals surface area contributed by atoms with Gasteiger partial charge in [0, 0.05) is 26.3 Å². The fraction of sp³-hybridized carbons (Fsp3) is 0.429. The minimum Gasteiger partial charge on any atom is -0.336 e. The monoisotopic (exact) mass is 304 g/mol. The van der Waals surface area contributed by atoms with E-state index in [2.05, 4.69) is 5.32 Å². The van der Waals surface area contributed by atoms with Crippen LogP contribution in [0.5, 0.6) is 0 Å². The standard InChI is InChI=1S/C14H16N4O4/c1-16-5-2-3-10(12(16)20)13(21)17-6-4-9(8-17)18-11(19)7-15-14(18)22/h2-3,5,9H,4,6-8H2,1H3,(H,15,22). The van der Waals surface area contributed by atoms with Gasteiger partial charge in [0.1, 0.15) is 5.56 Å². The number of imide groups is 1. The van der Waals surface area contributed by atoms with E-state index >= 15 is 0 Å². The first-order valence-electron chi connectivity index (χ1n) is 7.04. The lowest BCUT2D eigenvalue weighted by Gasteiger charge is -2.21. The average Bonchev–Trinajstić information content (AvgIpc) is 3.08. The maximum Gasteiger partial charge on any atom is 0.324 e. The number of nitrogens with one attached hydrogen (secondary N) is 1. The minimum atomic E-state index is -0.417. The summed E-state index contributed by atoms with van der Waals surface area (Å²) in [5, 5.41) is 2.47. The van der Waals surface area contributed by atoms with Crippen molar-refractivity contribution in [3.05, 3.63) is 34.2 Å². The highest BCUT2D eigenvalue weighted by molar-refractivity contribution is 6.02. The van der Waals surface area contributed by atoms with Crippen LogP contribution in [0.4, 0.5) is 4.79 Å². The van der Waals surface area contributed by atoms with Gasteiger partial charge in [-0.2, -0.15) is 0 Å². The topological polar surface area (TPSA) is 91.7 Å². The molecule has 2 aliphatic heterocycles. The summed E-state index contributed by atoms with van der Waals surface area (Å²) in [4.78, 5) is 50.5. The first-order valence-corrected chi connectivity index (χ1v) is 7.04. The predicted octanol–water partition coefficient (Wildman–Crippen LogP) is -0.848. The van der Waals surface area contributed by atoms with Gasteiger partial charge in [0.2, 0.25) is 5.91 Å². The quantitative estimate of drug-likeness (QED) is 0.721. The van der Waals surface area contributed by atoms with Gasteiger partial charge in [0.25, 0.3) is 11.5 Å². The van der Waals surface area contributed by atoms with E-state index in [1.54, 1.807) is 19.3 Å². The van der Waals surface area contributed by atoms with Gasteiger partial charge in [-0.05, 0) is 18.6 Å². The van der Waals surface area contributed by atoms with Crippen LogP contribution in [0.2, 0.25) is 0 Å². The Morgan fingerprint density at radius 2 is 2.09 bits per heavy atom. The molecule has 4 amide bonds. The van der Waals surface area contributed by atoms with Crippen molar-refractivity contribution in [3.63, 3.8) is 0 Å². The molecule has 2 aliphatic rings. The van der Waals surface area contributed by atoms with Gasteiger partial charge in [0.05, 0.1) is 12.6 Å². The van der Waals surface area contributed by atoms with Crippen molar-refractivity contribution < 1.29 is 14.4 Å². The molecular weight excluding hydrogens is 288 g/mol. The lowest BCUT2D eigenvalue weighted by atomic mass is 10.2. The number of hydrogen-bond acceptors (Lipinski definition) is 4. The number of amides is 4. The zero-order chi connectivity index (χ0) is 15.9. The van der Waals surface area contributed by atoms with E-state index in [1.165, 1.54) is 20.4 Å². The molecule has 1 atom stereocenters. The molecule has 1 aromatic heterocycles. The number of likely N-dealkylation sites (tertiary alicyclic amines) is 1. The largest absolute Gasteiger partial charge is 0.336 e. The Morgan fingerprint density at radius 1 is 1.32 bits per heavy atom. The van der Waals surface area contributed by atoms with Crippen LogP contribution in [0.25, 0.3) is 0 Å². The summed E-state index contributed by atoms with van der Waals surface area (Å²) >= 11 is 0. The Balaban J connectivity index is 1.76. The van der Waals surface area contributed by atoms with E-state index in [4.69, 9.17) is 0 Å². The number of carbonyl (C=O) groups excluding carboxylic acids is 3. The zero-order valence-electron chi connectivity index (χ0n) is 12.1. The molecule has 8 heteroatoms. The smallest absolute Gasteiger partial charge is 0.324 e. The number of hydrogen-bond donors (Lipinski definition) is 1. The van der Waals surface area contributed by atoms with E-state index in [0.29, 0.717) is 13.0 Å². The lowest BCUT2D eigenvalue weighted by molar-refractivity contribution is -0.126. The van der Waals surface area contributed by atoms with Crippen molar-refractivity contribution in [2.24, 2.45) is 7.05 Å². The molecule has 3 rings (SSSR count). The Labute approximate surface area is 126 Å². The molecular formula is C14H16N4O4. The zero-order valence-corrected chi connectivity index (χ0v) is 12.1. The Hall–Kier alpha value is -2.64. The van der Waals surface area contributed by atoms with Gasteiger partial charge in [-0.15, -0.1) is 0 Å². The molecule has 1 unspecified atom stereocenters. The third kappa shape index (κ3) is 2.26. The van der Waals surface area contributed by atoms with Crippen molar-refractivity contribution >= 4 is 17.8 Å². The Bertz CT molecular complexity index is 695. The fourth-order valence-corrected chi connectivity index (χ4v) is 2.87. The second-order valence-electron chi connectivity index (χ2n) is 5.45. The second kappa shape index (κ2) is 5.28. The van der Waals surface area contributed by atoms with Crippen molar-refractivity contribution in [1.82, 2.24) is 19.7 Å². The van der Waals surface area contributed by atoms with E-state index in [1.807, 2.05) is 0 Å². The highest BCUT2D eigenvalue weighted by Gasteiger charge is 2.40. The summed E-state index contributed by atoms with van der Waals surface area (Å²) < 4.78 is 1.35. The van der Waals surface area contributed by atoms with Crippen molar-refractivity contribution in [2.75, 3.05) is 19.6 Å². The van der Waals surface area contributed by atoms with Crippen molar-refractivity contribution in [3.8, 4) is 0 Å². The molecule has 8 nitrogen and oxygen atoms in total. The first-order chi connectivity index (χ1) is 10.5. The molecule has 1 aromatic rings. The van der Waals surface area contributed by atoms with Gasteiger partial charge < -0.3 is 14.8 Å². The molecule has 0 spiro atoms. The van der Waals surface area contributed by atoms with Crippen LogP contribution in [0.3, 0.4) is 0 Å². The van der Waals surface area contributed by atoms with E-state index in [9.17, 15) is 19.2 Å². The summed E-state index contributed by atoms with van der Waals surface area (Å²) in [5.41, 5.74) is -0.256. The normalized spacial score (nSPS) is 21.4. The van der Waals surface area contributed by atoms with Gasteiger partial charge in [-0.3, -0.25) is 19.3 Å². The van der Waals surface area contributed by atoms with Gasteiger partial charge in [0.15, 0.2) is 0 Å². The number of carbonyl (C=O) groups is 3. The SMILES string of the molecule is Cn1cccc(C(=O)N2CCC(N3C(=O)CNC3=O)C2)c1=O. The minimum absolute atomic E-state index is 0.00249. The lowest BCUT2D eigenvalue weighted by Crippen LogP contribution is -2.43. The van der Waals surface area contributed by atoms with E-state index in [-0.39, 0.29) is 42.1 Å². The molecule has 0 saturated carbocycles. The molecule has 0 aromatic carbocycles. The predicted molar refractivity (Wildman–Crippen MR) is 76.2 cm³/mol. The number of pyridine rings is 1. The van der Waals surface area contributed by atoms with Gasteiger partial charge in [-0.1, -0.05) is 0 Å². The maximum atomic E-state index is 12.5. The summed E-state index contributed by atoms with van der Waals surface area (Å²) in [7, 11) is 1.58. The van der Waals surface area contributed by atoms with Crippen LogP contribution in [-0.4, -0.2) is 57.9 Å². The van der Waals surface area contributed by atoms with Gasteiger partial charge in [-0.25, -0.2) is 4.79 Å². The fourth-order valence-electron chi connectivity index (χ4n) is 2.87. The number of urea groups is 1. The van der Waals surface area contributed by atoms with E-state index in [0.717, 1.165) is 0 Å². The number of aryl methyl sites for hydroxylation is 1. The third-order valence-electron chi connectivity index (χ3n) is 4.05. The molecule has 22 heavy (non-hydrogen) atoms. The van der Waals surface area contributed by atoms with Crippen LogP contribution < -0.4 is 10.9 Å². The highest BCUT2D eigenvalue weighted by Crippen LogP contribution is 2.19. The van der Waals surface area contributed by atoms with Crippen LogP contribution >= 0.6 is 0 Å². The molecule has 0 bridgehead atoms. The average molecular weight is 304 g/mol. The van der Waals surface area contributed by atoms with E-state index < -0.39 is 6.03 Å². The molecule has 2 fully saturated rings. The Kier molecular flexibility index (Phi) is 3.44. The van der Waals surface area contributed by atoms with Gasteiger partial charge >= 0.3 is 6.03 Å². The van der Waals surface area contributed by atoms with Crippen LogP contribution in [-0.2, 0) is 11.8 Å². The summed E-state index contributed by atoms with van der Waals surface area (Å²) in [6.07, 6.45) is 2.11. The number of aromatic nitrogens is 1. The molecule has 3 heterocycles. The summed E-state index contributed by atoms with van der Waals surface area (Å²) in [6, 6.07) is 2.39. The first kappa shape index (κ1) is 14.3. The summed E-state index contributed by atoms with van der Waals surface area (Å²) in [5.74, 6) is -0.643. The molecule has 0 radical (unpaired) electrons. The van der Waals surface area contributed by atoms with Crippen molar-refractivity contribution in [1.29, 1.82) is 0 Å². The number of nitrogens with zero attached hydrogens (tertiary/aromatic N) is 3. The molecule has 116 valence electrons. The highest BCUT2D eigenvalue weighted by atomic mass is 16.2. The van der Waals surface area contributed by atoms with Crippen molar-refractivity contribution in [2.45, 2.75) is 12.5 Å². The summed E-state index contributed by atoms with van der Waals surface area (Å²) in [6.45, 7) is 0.678. The van der Waals surface area contributed by atoms with Crippen LogP contribution in [0, 0.1) is 0 Å². The molecule has 2 saturated heterocycles. The third-order valence-corrected chi connectivity index (χ3v) is 4.05. The van der Waals surface area contributed by atoms with Crippen LogP contribution in [0.15, 0.2) is 23.1 Å².